The van der Waals surface area contributed by atoms with Gasteiger partial charge in [0.25, 0.3) is 0 Å². The Bertz CT molecular complexity index is 398. The van der Waals surface area contributed by atoms with Crippen molar-refractivity contribution in [2.24, 2.45) is 0 Å². The zero-order valence-electron chi connectivity index (χ0n) is 7.94. The Balaban J connectivity index is 3.09. The van der Waals surface area contributed by atoms with Crippen LogP contribution < -0.4 is 14.9 Å². The minimum absolute atomic E-state index is 0.211. The van der Waals surface area contributed by atoms with Crippen molar-refractivity contribution in [1.82, 2.24) is 0 Å². The predicted molar refractivity (Wildman–Crippen MR) is 50.6 cm³/mol. The van der Waals surface area contributed by atoms with Crippen molar-refractivity contribution < 1.29 is 14.3 Å². The van der Waals surface area contributed by atoms with Crippen LogP contribution in [-0.4, -0.2) is 13.1 Å². The summed E-state index contributed by atoms with van der Waals surface area (Å²) < 4.78 is 9.61. The lowest BCUT2D eigenvalue weighted by atomic mass is 10.5. The minimum Gasteiger partial charge on any atom is -0.493 e. The second-order valence-corrected chi connectivity index (χ2v) is 2.60. The molecule has 0 aromatic heterocycles. The fourth-order valence-electron chi connectivity index (χ4n) is 0.938. The molecule has 0 amide bonds. The van der Waals surface area contributed by atoms with E-state index in [1.807, 2.05) is 0 Å². The molecule has 0 saturated carbocycles. The zero-order valence-corrected chi connectivity index (χ0v) is 7.94. The first-order valence-electron chi connectivity index (χ1n) is 4.00. The van der Waals surface area contributed by atoms with Gasteiger partial charge in [0.15, 0.2) is 5.75 Å². The van der Waals surface area contributed by atoms with Crippen molar-refractivity contribution in [3.63, 3.8) is 0 Å². The average Bonchev–Trinajstić information content (AvgIpc) is 2.28. The fourth-order valence-corrected chi connectivity index (χ4v) is 0.938. The molecule has 0 atom stereocenters. The van der Waals surface area contributed by atoms with Crippen LogP contribution in [0.5, 0.6) is 11.5 Å². The van der Waals surface area contributed by atoms with E-state index in [2.05, 4.69) is 0 Å². The normalized spacial score (nSPS) is 9.29. The molecule has 0 heterocycles. The zero-order chi connectivity index (χ0) is 10.6. The summed E-state index contributed by atoms with van der Waals surface area (Å²) in [5.41, 5.74) is -0.258. The van der Waals surface area contributed by atoms with E-state index in [9.17, 15) is 9.59 Å². The van der Waals surface area contributed by atoms with Gasteiger partial charge in [0.2, 0.25) is 5.43 Å². The molecule has 4 heteroatoms. The molecular weight excluding hydrogens is 184 g/mol. The van der Waals surface area contributed by atoms with Crippen LogP contribution >= 0.6 is 0 Å². The van der Waals surface area contributed by atoms with E-state index >= 15 is 0 Å². The average molecular weight is 194 g/mol. The van der Waals surface area contributed by atoms with E-state index < -0.39 is 5.97 Å². The summed E-state index contributed by atoms with van der Waals surface area (Å²) in [6.07, 6.45) is 0. The van der Waals surface area contributed by atoms with Gasteiger partial charge in [-0.2, -0.15) is 0 Å². The lowest BCUT2D eigenvalue weighted by Gasteiger charge is -1.95. The molecule has 0 aliphatic heterocycles. The molecule has 14 heavy (non-hydrogen) atoms. The second-order valence-electron chi connectivity index (χ2n) is 2.60. The standard InChI is InChI=1S/C10H10O4/c1-7(11)14-8-3-5-9(12)10(13-2)6-4-8/h3-6H,1-2H3. The van der Waals surface area contributed by atoms with Crippen molar-refractivity contribution >= 4 is 5.97 Å². The number of esters is 1. The molecule has 0 unspecified atom stereocenters. The van der Waals surface area contributed by atoms with E-state index in [4.69, 9.17) is 9.47 Å². The Morgan fingerprint density at radius 3 is 2.43 bits per heavy atom. The van der Waals surface area contributed by atoms with E-state index in [0.29, 0.717) is 5.75 Å². The predicted octanol–water partition coefficient (Wildman–Crippen LogP) is 0.981. The third kappa shape index (κ3) is 2.58. The van der Waals surface area contributed by atoms with Gasteiger partial charge < -0.3 is 9.47 Å². The first kappa shape index (κ1) is 10.2. The highest BCUT2D eigenvalue weighted by Crippen LogP contribution is 2.10. The molecule has 0 N–H and O–H groups in total. The fraction of sp³-hybridized carbons (Fsp3) is 0.200. The van der Waals surface area contributed by atoms with Crippen LogP contribution in [0, 0.1) is 0 Å². The summed E-state index contributed by atoms with van der Waals surface area (Å²) in [6, 6.07) is 5.67. The highest BCUT2D eigenvalue weighted by molar-refractivity contribution is 5.69. The van der Waals surface area contributed by atoms with Crippen LogP contribution in [0.3, 0.4) is 0 Å². The Morgan fingerprint density at radius 1 is 1.21 bits per heavy atom. The largest absolute Gasteiger partial charge is 0.493 e. The molecule has 0 bridgehead atoms. The second kappa shape index (κ2) is 4.41. The van der Waals surface area contributed by atoms with E-state index in [1.165, 1.54) is 38.3 Å². The maximum Gasteiger partial charge on any atom is 0.308 e. The number of rotatable bonds is 2. The number of hydrogen-bond acceptors (Lipinski definition) is 4. The highest BCUT2D eigenvalue weighted by Gasteiger charge is 1.99. The maximum atomic E-state index is 11.2. The Hall–Kier alpha value is -1.84. The molecular formula is C10H10O4. The van der Waals surface area contributed by atoms with Crippen molar-refractivity contribution in [1.29, 1.82) is 0 Å². The monoisotopic (exact) mass is 194 g/mol. The molecule has 0 aliphatic carbocycles. The van der Waals surface area contributed by atoms with E-state index in [1.54, 1.807) is 0 Å². The lowest BCUT2D eigenvalue weighted by molar-refractivity contribution is -0.131. The molecule has 0 saturated heterocycles. The molecule has 1 aromatic carbocycles. The number of hydrogen-bond donors (Lipinski definition) is 0. The van der Waals surface area contributed by atoms with Crippen LogP contribution in [0.25, 0.3) is 0 Å². The minimum atomic E-state index is -0.428. The molecule has 74 valence electrons. The van der Waals surface area contributed by atoms with Crippen molar-refractivity contribution in [3.8, 4) is 11.5 Å². The van der Waals surface area contributed by atoms with Crippen LogP contribution in [0.4, 0.5) is 0 Å². The summed E-state index contributed by atoms with van der Waals surface area (Å²) >= 11 is 0. The smallest absolute Gasteiger partial charge is 0.308 e. The maximum absolute atomic E-state index is 11.2. The van der Waals surface area contributed by atoms with Gasteiger partial charge in [-0.3, -0.25) is 9.59 Å². The number of carbonyl (C=O) groups excluding carboxylic acids is 1. The third-order valence-corrected chi connectivity index (χ3v) is 1.52. The molecule has 1 aromatic rings. The van der Waals surface area contributed by atoms with Crippen molar-refractivity contribution in [2.75, 3.05) is 7.11 Å². The number of methoxy groups -OCH3 is 1. The van der Waals surface area contributed by atoms with Gasteiger partial charge in [-0.25, -0.2) is 0 Å². The Morgan fingerprint density at radius 2 is 1.86 bits per heavy atom. The van der Waals surface area contributed by atoms with Crippen molar-refractivity contribution in [3.05, 3.63) is 34.5 Å². The van der Waals surface area contributed by atoms with Crippen LogP contribution in [0.15, 0.2) is 29.1 Å². The van der Waals surface area contributed by atoms with Crippen molar-refractivity contribution in [2.45, 2.75) is 6.92 Å². The summed E-state index contributed by atoms with van der Waals surface area (Å²) in [7, 11) is 1.40. The molecule has 0 spiro atoms. The Labute approximate surface area is 81.1 Å². The van der Waals surface area contributed by atoms with Gasteiger partial charge in [-0.1, -0.05) is 0 Å². The van der Waals surface area contributed by atoms with Gasteiger partial charge in [-0.15, -0.1) is 0 Å². The van der Waals surface area contributed by atoms with Gasteiger partial charge in [0.1, 0.15) is 5.75 Å². The first-order valence-corrected chi connectivity index (χ1v) is 4.00. The van der Waals surface area contributed by atoms with E-state index in [0.717, 1.165) is 0 Å². The number of carbonyl (C=O) groups is 1. The third-order valence-electron chi connectivity index (χ3n) is 1.52. The first-order chi connectivity index (χ1) is 6.63. The van der Waals surface area contributed by atoms with Crippen LogP contribution in [-0.2, 0) is 4.79 Å². The molecule has 0 fully saturated rings. The van der Waals surface area contributed by atoms with Gasteiger partial charge in [0, 0.05) is 6.92 Å². The van der Waals surface area contributed by atoms with Gasteiger partial charge in [0.05, 0.1) is 7.11 Å². The molecule has 1 rings (SSSR count). The summed E-state index contributed by atoms with van der Waals surface area (Å²) in [5, 5.41) is 0. The highest BCUT2D eigenvalue weighted by atomic mass is 16.5. The van der Waals surface area contributed by atoms with Crippen LogP contribution in [0.2, 0.25) is 0 Å². The quantitative estimate of drug-likeness (QED) is 0.658. The van der Waals surface area contributed by atoms with E-state index in [-0.39, 0.29) is 11.2 Å². The lowest BCUT2D eigenvalue weighted by Crippen LogP contribution is -2.00. The topological polar surface area (TPSA) is 52.6 Å². The molecule has 0 aliphatic rings. The van der Waals surface area contributed by atoms with Crippen LogP contribution in [0.1, 0.15) is 6.92 Å². The van der Waals surface area contributed by atoms with Gasteiger partial charge in [-0.05, 0) is 24.3 Å². The summed E-state index contributed by atoms with van der Waals surface area (Å²) in [4.78, 5) is 21.8. The Kier molecular flexibility index (Phi) is 3.23. The number of ether oxygens (including phenoxy) is 2. The molecule has 4 nitrogen and oxygen atoms in total. The summed E-state index contributed by atoms with van der Waals surface area (Å²) in [6.45, 7) is 1.29. The summed E-state index contributed by atoms with van der Waals surface area (Å²) in [5.74, 6) is 0.101. The SMILES string of the molecule is COc1ccc(OC(C)=O)ccc1=O. The van der Waals surface area contributed by atoms with Gasteiger partial charge >= 0.3 is 5.97 Å². The molecule has 0 radical (unpaired) electrons.